The van der Waals surface area contributed by atoms with Crippen LogP contribution in [0.1, 0.15) is 38.7 Å². The van der Waals surface area contributed by atoms with Crippen LogP contribution in [-0.2, 0) is 30.4 Å². The lowest BCUT2D eigenvalue weighted by molar-refractivity contribution is -0.142. The van der Waals surface area contributed by atoms with Crippen LogP contribution in [0.2, 0.25) is 0 Å². The average Bonchev–Trinajstić information content (AvgIpc) is 3.27. The minimum absolute atomic E-state index is 0.0164. The van der Waals surface area contributed by atoms with Crippen molar-refractivity contribution in [2.24, 2.45) is 17.4 Å². The number of primary amides is 1. The molecule has 0 radical (unpaired) electrons. The topological polar surface area (TPSA) is 209 Å². The molecule has 4 atom stereocenters. The highest BCUT2D eigenvalue weighted by molar-refractivity contribution is 7.98. The normalized spacial score (nSPS) is 14.3. The zero-order chi connectivity index (χ0) is 29.1. The molecule has 2 rings (SSSR count). The number of aromatic amines is 1. The van der Waals surface area contributed by atoms with Gasteiger partial charge in [0.15, 0.2) is 0 Å². The van der Waals surface area contributed by atoms with Gasteiger partial charge >= 0.3 is 5.97 Å². The van der Waals surface area contributed by atoms with E-state index in [9.17, 15) is 29.1 Å². The van der Waals surface area contributed by atoms with E-state index in [1.54, 1.807) is 12.5 Å². The molecule has 0 fully saturated rings. The molecule has 0 aliphatic carbocycles. The Morgan fingerprint density at radius 2 is 1.59 bits per heavy atom. The summed E-state index contributed by atoms with van der Waals surface area (Å²) in [6.45, 7) is 3.71. The summed E-state index contributed by atoms with van der Waals surface area (Å²) in [6, 6.07) is 2.97. The summed E-state index contributed by atoms with van der Waals surface area (Å²) in [7, 11) is 0. The van der Waals surface area contributed by atoms with Crippen LogP contribution < -0.4 is 27.4 Å². The number of carbonyl (C=O) groups excluding carboxylic acids is 4. The first-order valence-corrected chi connectivity index (χ1v) is 14.0. The number of nitrogens with two attached hydrogens (primary N) is 2. The lowest BCUT2D eigenvalue weighted by Crippen LogP contribution is -2.58. The van der Waals surface area contributed by atoms with Gasteiger partial charge in [0, 0.05) is 17.1 Å². The van der Waals surface area contributed by atoms with Gasteiger partial charge in [-0.2, -0.15) is 11.8 Å². The average molecular weight is 563 g/mol. The maximum absolute atomic E-state index is 13.2. The Bertz CT molecular complexity index is 1170. The maximum Gasteiger partial charge on any atom is 0.326 e. The number of para-hydroxylation sites is 1. The van der Waals surface area contributed by atoms with Crippen LogP contribution in [0, 0.1) is 5.92 Å². The van der Waals surface area contributed by atoms with Crippen LogP contribution in [0.5, 0.6) is 0 Å². The number of aromatic nitrogens is 1. The van der Waals surface area contributed by atoms with Crippen LogP contribution in [-0.4, -0.2) is 75.9 Å². The van der Waals surface area contributed by atoms with E-state index in [1.807, 2.05) is 38.1 Å². The van der Waals surface area contributed by atoms with Gasteiger partial charge in [0.05, 0.1) is 12.5 Å². The van der Waals surface area contributed by atoms with E-state index in [1.165, 1.54) is 11.8 Å². The Morgan fingerprint density at radius 1 is 0.974 bits per heavy atom. The molecule has 1 aromatic heterocycles. The van der Waals surface area contributed by atoms with Gasteiger partial charge in [-0.1, -0.05) is 32.0 Å². The second-order valence-corrected chi connectivity index (χ2v) is 10.8. The third-order valence-corrected chi connectivity index (χ3v) is 6.70. The predicted molar refractivity (Wildman–Crippen MR) is 150 cm³/mol. The number of hydrogen-bond acceptors (Lipinski definition) is 7. The van der Waals surface area contributed by atoms with Crippen molar-refractivity contribution in [2.45, 2.75) is 63.7 Å². The summed E-state index contributed by atoms with van der Waals surface area (Å²) >= 11 is 1.41. The highest BCUT2D eigenvalue weighted by atomic mass is 32.2. The quantitative estimate of drug-likeness (QED) is 0.150. The van der Waals surface area contributed by atoms with E-state index >= 15 is 0 Å². The molecule has 12 nitrogen and oxygen atoms in total. The first-order chi connectivity index (χ1) is 18.4. The number of rotatable bonds is 16. The Balaban J connectivity index is 2.12. The van der Waals surface area contributed by atoms with Crippen LogP contribution in [0.25, 0.3) is 10.9 Å². The molecular formula is C26H38N6O6S. The fraction of sp³-hybridized carbons (Fsp3) is 0.500. The number of amides is 4. The Hall–Kier alpha value is -3.58. The van der Waals surface area contributed by atoms with Gasteiger partial charge < -0.3 is 37.5 Å². The molecule has 0 spiro atoms. The molecule has 1 aromatic carbocycles. The van der Waals surface area contributed by atoms with E-state index in [4.69, 9.17) is 11.5 Å². The number of carboxylic acids is 1. The zero-order valence-electron chi connectivity index (χ0n) is 22.4. The molecule has 0 bridgehead atoms. The van der Waals surface area contributed by atoms with Gasteiger partial charge in [0.1, 0.15) is 18.1 Å². The van der Waals surface area contributed by atoms with E-state index < -0.39 is 60.2 Å². The summed E-state index contributed by atoms with van der Waals surface area (Å²) in [4.78, 5) is 65.3. The number of aliphatic carboxylic acids is 1. The van der Waals surface area contributed by atoms with Crippen LogP contribution >= 0.6 is 11.8 Å². The van der Waals surface area contributed by atoms with Gasteiger partial charge in [-0.15, -0.1) is 0 Å². The van der Waals surface area contributed by atoms with Crippen molar-refractivity contribution in [3.05, 3.63) is 36.0 Å². The number of benzene rings is 1. The third-order valence-electron chi connectivity index (χ3n) is 6.06. The van der Waals surface area contributed by atoms with Crippen molar-refractivity contribution in [1.82, 2.24) is 20.9 Å². The molecule has 4 unspecified atom stereocenters. The van der Waals surface area contributed by atoms with Crippen molar-refractivity contribution in [3.63, 3.8) is 0 Å². The van der Waals surface area contributed by atoms with Crippen molar-refractivity contribution in [3.8, 4) is 0 Å². The third kappa shape index (κ3) is 9.91. The SMILES string of the molecule is CSCCC(NC(=O)C(CC(N)=O)NC(=O)C(CC(C)C)NC(=O)C(N)Cc1c[nH]c2ccccc12)C(=O)O. The molecule has 1 heterocycles. The molecule has 9 N–H and O–H groups in total. The van der Waals surface area contributed by atoms with Gasteiger partial charge in [0.25, 0.3) is 0 Å². The van der Waals surface area contributed by atoms with E-state index in [2.05, 4.69) is 20.9 Å². The Labute approximate surface area is 231 Å². The molecule has 39 heavy (non-hydrogen) atoms. The minimum Gasteiger partial charge on any atom is -0.480 e. The highest BCUT2D eigenvalue weighted by Gasteiger charge is 2.31. The molecule has 214 valence electrons. The number of thioether (sulfide) groups is 1. The Kier molecular flexibility index (Phi) is 12.3. The summed E-state index contributed by atoms with van der Waals surface area (Å²) < 4.78 is 0. The summed E-state index contributed by atoms with van der Waals surface area (Å²) in [5, 5.41) is 17.8. The molecule has 4 amide bonds. The lowest BCUT2D eigenvalue weighted by Gasteiger charge is -2.25. The minimum atomic E-state index is -1.42. The largest absolute Gasteiger partial charge is 0.480 e. The van der Waals surface area contributed by atoms with Gasteiger partial charge in [0.2, 0.25) is 23.6 Å². The number of H-pyrrole nitrogens is 1. The molecule has 0 saturated heterocycles. The fourth-order valence-electron chi connectivity index (χ4n) is 4.06. The maximum atomic E-state index is 13.2. The number of carbonyl (C=O) groups is 5. The summed E-state index contributed by atoms with van der Waals surface area (Å²) in [6.07, 6.45) is 3.65. The monoisotopic (exact) mass is 562 g/mol. The van der Waals surface area contributed by atoms with E-state index in [-0.39, 0.29) is 25.2 Å². The number of nitrogens with one attached hydrogen (secondary N) is 4. The van der Waals surface area contributed by atoms with Crippen LogP contribution in [0.15, 0.2) is 30.5 Å². The molecule has 13 heteroatoms. The van der Waals surface area contributed by atoms with Crippen LogP contribution in [0.3, 0.4) is 0 Å². The zero-order valence-corrected chi connectivity index (χ0v) is 23.2. The fourth-order valence-corrected chi connectivity index (χ4v) is 4.53. The second-order valence-electron chi connectivity index (χ2n) is 9.77. The predicted octanol–water partition coefficient (Wildman–Crippen LogP) is 0.251. The van der Waals surface area contributed by atoms with Crippen molar-refractivity contribution >= 4 is 52.3 Å². The molecule has 0 aliphatic heterocycles. The molecular weight excluding hydrogens is 524 g/mol. The number of hydrogen-bond donors (Lipinski definition) is 7. The summed E-state index contributed by atoms with van der Waals surface area (Å²) in [5.74, 6) is -3.77. The van der Waals surface area contributed by atoms with E-state index in [0.29, 0.717) is 5.75 Å². The van der Waals surface area contributed by atoms with Crippen molar-refractivity contribution in [1.29, 1.82) is 0 Å². The lowest BCUT2D eigenvalue weighted by atomic mass is 10.0. The van der Waals surface area contributed by atoms with Gasteiger partial charge in [-0.3, -0.25) is 19.2 Å². The van der Waals surface area contributed by atoms with Crippen molar-refractivity contribution in [2.75, 3.05) is 12.0 Å². The molecule has 2 aromatic rings. The molecule has 0 aliphatic rings. The number of carboxylic acid groups (broad SMARTS) is 1. The van der Waals surface area contributed by atoms with Crippen molar-refractivity contribution < 1.29 is 29.1 Å². The van der Waals surface area contributed by atoms with Crippen LogP contribution in [0.4, 0.5) is 0 Å². The smallest absolute Gasteiger partial charge is 0.326 e. The van der Waals surface area contributed by atoms with E-state index in [0.717, 1.165) is 16.5 Å². The molecule has 0 saturated carbocycles. The Morgan fingerprint density at radius 3 is 2.21 bits per heavy atom. The first-order valence-electron chi connectivity index (χ1n) is 12.6. The first kappa shape index (κ1) is 31.6. The van der Waals surface area contributed by atoms with Gasteiger partial charge in [-0.25, -0.2) is 4.79 Å². The standard InChI is InChI=1S/C26H38N6O6S/c1-14(2)10-20(31-23(34)17(27)11-15-13-29-18-7-5-4-6-16(15)18)24(35)32-21(12-22(28)33)25(36)30-19(26(37)38)8-9-39-3/h4-7,13-14,17,19-21,29H,8-12,27H2,1-3H3,(H2,28,33)(H,30,36)(H,31,34)(H,32,35)(H,37,38). The number of fused-ring (bicyclic) bond motifs is 1. The second kappa shape index (κ2) is 15.1. The highest BCUT2D eigenvalue weighted by Crippen LogP contribution is 2.19. The van der Waals surface area contributed by atoms with Gasteiger partial charge in [-0.05, 0) is 48.8 Å². The summed E-state index contributed by atoms with van der Waals surface area (Å²) in [5.41, 5.74) is 13.2.